The van der Waals surface area contributed by atoms with Gasteiger partial charge in [0.15, 0.2) is 11.5 Å². The zero-order valence-corrected chi connectivity index (χ0v) is 26.3. The van der Waals surface area contributed by atoms with Crippen molar-refractivity contribution in [1.82, 2.24) is 29.4 Å². The number of quaternary nitrogens is 1. The smallest absolute Gasteiger partial charge is 0.416 e. The second-order valence-corrected chi connectivity index (χ2v) is 11.8. The maximum Gasteiger partial charge on any atom is 0.416 e. The fraction of sp³-hybridized carbons (Fsp3) is 0.281. The number of benzene rings is 2. The van der Waals surface area contributed by atoms with E-state index in [4.69, 9.17) is 4.74 Å². The number of halogens is 3. The van der Waals surface area contributed by atoms with Gasteiger partial charge in [0.1, 0.15) is 0 Å². The van der Waals surface area contributed by atoms with Crippen LogP contribution in [-0.2, 0) is 15.7 Å². The maximum absolute atomic E-state index is 13.8. The number of hydrogen-bond acceptors (Lipinski definition) is 8. The Kier molecular flexibility index (Phi) is 8.81. The van der Waals surface area contributed by atoms with Crippen molar-refractivity contribution in [2.75, 3.05) is 40.1 Å². The normalized spacial score (nSPS) is 11.8. The van der Waals surface area contributed by atoms with E-state index in [0.29, 0.717) is 38.8 Å². The van der Waals surface area contributed by atoms with Crippen molar-refractivity contribution in [3.8, 4) is 34.3 Å². The molecule has 0 aliphatic carbocycles. The second kappa shape index (κ2) is 12.6. The Bertz CT molecular complexity index is 2020. The summed E-state index contributed by atoms with van der Waals surface area (Å²) in [5.74, 6) is -1.29. The summed E-state index contributed by atoms with van der Waals surface area (Å²) in [7, 11) is 7.24. The number of anilines is 1. The number of alkyl halides is 3. The van der Waals surface area contributed by atoms with E-state index in [0.717, 1.165) is 18.7 Å². The molecule has 0 bridgehead atoms. The average molecular weight is 647 g/mol. The van der Waals surface area contributed by atoms with Gasteiger partial charge in [0.2, 0.25) is 11.9 Å². The lowest BCUT2D eigenvalue weighted by Crippen LogP contribution is -2.35. The van der Waals surface area contributed by atoms with E-state index in [-0.39, 0.29) is 41.1 Å². The van der Waals surface area contributed by atoms with Crippen molar-refractivity contribution in [3.05, 3.63) is 77.2 Å². The van der Waals surface area contributed by atoms with Crippen LogP contribution in [0.4, 0.5) is 19.1 Å². The van der Waals surface area contributed by atoms with Crippen LogP contribution in [0.3, 0.4) is 0 Å². The zero-order valence-electron chi connectivity index (χ0n) is 26.3. The van der Waals surface area contributed by atoms with Crippen LogP contribution in [0.15, 0.2) is 54.7 Å². The fourth-order valence-corrected chi connectivity index (χ4v) is 5.00. The SMILES string of the molecule is COC(=O)c1nc(-c2cn3nc(NC(=O)CCC[N+](C)(C)C)nc3c(-c3cccc(C(F)(F)F)c3)c2C)n(-c2ccc(C#N)cc2)n1. The Morgan fingerprint density at radius 1 is 1.06 bits per heavy atom. The van der Waals surface area contributed by atoms with Crippen LogP contribution in [0.2, 0.25) is 0 Å². The van der Waals surface area contributed by atoms with Gasteiger partial charge in [0.05, 0.1) is 57.7 Å². The van der Waals surface area contributed by atoms with Crippen molar-refractivity contribution in [3.63, 3.8) is 0 Å². The number of methoxy groups -OCH3 is 1. The monoisotopic (exact) mass is 646 g/mol. The highest BCUT2D eigenvalue weighted by Crippen LogP contribution is 2.38. The molecule has 15 heteroatoms. The van der Waals surface area contributed by atoms with Crippen LogP contribution in [0, 0.1) is 18.3 Å². The summed E-state index contributed by atoms with van der Waals surface area (Å²) in [6.07, 6.45) is -2.22. The molecule has 242 valence electrons. The molecule has 1 N–H and O–H groups in total. The molecule has 0 fully saturated rings. The van der Waals surface area contributed by atoms with Crippen LogP contribution < -0.4 is 5.32 Å². The Labute approximate surface area is 267 Å². The quantitative estimate of drug-likeness (QED) is 0.173. The molecule has 0 radical (unpaired) electrons. The minimum Gasteiger partial charge on any atom is -0.463 e. The van der Waals surface area contributed by atoms with Crippen LogP contribution >= 0.6 is 0 Å². The van der Waals surface area contributed by atoms with Gasteiger partial charge in [-0.25, -0.2) is 19.0 Å². The number of pyridine rings is 1. The number of aromatic nitrogens is 6. The molecule has 3 heterocycles. The molecule has 47 heavy (non-hydrogen) atoms. The van der Waals surface area contributed by atoms with Crippen molar-refractivity contribution < 1.29 is 32.0 Å². The number of esters is 1. The van der Waals surface area contributed by atoms with E-state index in [1.54, 1.807) is 37.4 Å². The van der Waals surface area contributed by atoms with Crippen LogP contribution in [0.5, 0.6) is 0 Å². The summed E-state index contributed by atoms with van der Waals surface area (Å²) >= 11 is 0. The molecule has 12 nitrogen and oxygen atoms in total. The summed E-state index contributed by atoms with van der Waals surface area (Å²) in [5.41, 5.74) is 1.44. The van der Waals surface area contributed by atoms with E-state index < -0.39 is 17.7 Å². The van der Waals surface area contributed by atoms with E-state index in [9.17, 15) is 28.0 Å². The van der Waals surface area contributed by atoms with Gasteiger partial charge in [-0.3, -0.25) is 10.1 Å². The van der Waals surface area contributed by atoms with Gasteiger partial charge in [0, 0.05) is 30.2 Å². The molecular formula is C32H31F3N9O3+. The molecule has 0 unspecified atom stereocenters. The Hall–Kier alpha value is -5.62. The van der Waals surface area contributed by atoms with Crippen LogP contribution in [0.25, 0.3) is 33.8 Å². The zero-order chi connectivity index (χ0) is 34.1. The number of ether oxygens (including phenoxy) is 1. The summed E-state index contributed by atoms with van der Waals surface area (Å²) < 4.78 is 49.7. The molecule has 1 amide bonds. The predicted molar refractivity (Wildman–Crippen MR) is 165 cm³/mol. The standard InChI is InChI=1S/C32H30F3N9O3/c1-19-24(28-38-27(30(46)47-5)40-43(28)23-13-11-20(17-36)12-14-23)18-42-29(26(19)21-8-6-9-22(16-21)32(33,34)35)39-31(41-42)37-25(45)10-7-15-44(2,3)4/h6,8-9,11-14,16,18H,7,10,15H2,1-5H3/p+1. The van der Waals surface area contributed by atoms with Crippen molar-refractivity contribution in [1.29, 1.82) is 5.26 Å². The van der Waals surface area contributed by atoms with E-state index in [1.165, 1.54) is 28.4 Å². The minimum absolute atomic E-state index is 0.0335. The first-order chi connectivity index (χ1) is 22.2. The highest BCUT2D eigenvalue weighted by Gasteiger charge is 2.31. The van der Waals surface area contributed by atoms with Gasteiger partial charge >= 0.3 is 12.1 Å². The molecule has 3 aromatic heterocycles. The summed E-state index contributed by atoms with van der Waals surface area (Å²) in [6.45, 7) is 2.44. The summed E-state index contributed by atoms with van der Waals surface area (Å²) in [6, 6.07) is 13.2. The average Bonchev–Trinajstić information content (AvgIpc) is 3.63. The van der Waals surface area contributed by atoms with Crippen molar-refractivity contribution >= 4 is 23.5 Å². The second-order valence-electron chi connectivity index (χ2n) is 11.8. The molecule has 0 spiro atoms. The lowest BCUT2D eigenvalue weighted by Gasteiger charge is -2.23. The molecule has 0 aliphatic rings. The first-order valence-corrected chi connectivity index (χ1v) is 14.4. The summed E-state index contributed by atoms with van der Waals surface area (Å²) in [4.78, 5) is 34.2. The lowest BCUT2D eigenvalue weighted by molar-refractivity contribution is -0.870. The van der Waals surface area contributed by atoms with Gasteiger partial charge in [-0.2, -0.15) is 23.4 Å². The van der Waals surface area contributed by atoms with Gasteiger partial charge in [0.25, 0.3) is 5.82 Å². The highest BCUT2D eigenvalue weighted by molar-refractivity contribution is 5.91. The number of nitrogens with zero attached hydrogens (tertiary/aromatic N) is 8. The van der Waals surface area contributed by atoms with Gasteiger partial charge in [-0.1, -0.05) is 12.1 Å². The third-order valence-corrected chi connectivity index (χ3v) is 7.30. The van der Waals surface area contributed by atoms with Crippen LogP contribution in [0.1, 0.15) is 40.2 Å². The lowest BCUT2D eigenvalue weighted by atomic mass is 9.96. The molecule has 0 atom stereocenters. The maximum atomic E-state index is 13.8. The predicted octanol–water partition coefficient (Wildman–Crippen LogP) is 5.05. The topological polar surface area (TPSA) is 140 Å². The molecule has 2 aromatic carbocycles. The number of nitriles is 1. The highest BCUT2D eigenvalue weighted by atomic mass is 19.4. The minimum atomic E-state index is -4.61. The number of carbonyl (C=O) groups is 2. The van der Waals surface area contributed by atoms with Crippen molar-refractivity contribution in [2.45, 2.75) is 25.9 Å². The molecule has 0 saturated carbocycles. The number of hydrogen-bond donors (Lipinski definition) is 1. The van der Waals surface area contributed by atoms with E-state index in [2.05, 4.69) is 25.5 Å². The van der Waals surface area contributed by atoms with Crippen LogP contribution in [-0.4, -0.2) is 80.5 Å². The third kappa shape index (κ3) is 7.12. The summed E-state index contributed by atoms with van der Waals surface area (Å²) in [5, 5.41) is 20.7. The van der Waals surface area contributed by atoms with Crippen molar-refractivity contribution in [2.24, 2.45) is 0 Å². The molecule has 5 rings (SSSR count). The first kappa shape index (κ1) is 32.8. The molecule has 0 aliphatic heterocycles. The molecule has 0 saturated heterocycles. The van der Waals surface area contributed by atoms with Gasteiger partial charge in [-0.15, -0.1) is 10.2 Å². The number of amides is 1. The van der Waals surface area contributed by atoms with Gasteiger partial charge in [-0.05, 0) is 54.4 Å². The Morgan fingerprint density at radius 2 is 1.79 bits per heavy atom. The number of fused-ring (bicyclic) bond motifs is 1. The third-order valence-electron chi connectivity index (χ3n) is 7.30. The number of nitrogens with one attached hydrogen (secondary N) is 1. The fourth-order valence-electron chi connectivity index (χ4n) is 5.00. The van der Waals surface area contributed by atoms with Gasteiger partial charge < -0.3 is 9.22 Å². The Balaban J connectivity index is 1.70. The molecular weight excluding hydrogens is 615 g/mol. The molecule has 5 aromatic rings. The number of rotatable bonds is 9. The first-order valence-electron chi connectivity index (χ1n) is 14.4. The largest absolute Gasteiger partial charge is 0.463 e. The van der Waals surface area contributed by atoms with E-state index >= 15 is 0 Å². The number of carbonyl (C=O) groups excluding carboxylic acids is 2. The Morgan fingerprint density at radius 3 is 2.43 bits per heavy atom. The van der Waals surface area contributed by atoms with E-state index in [1.807, 2.05) is 27.2 Å².